The van der Waals surface area contributed by atoms with Crippen LogP contribution in [0.15, 0.2) is 153 Å². The molecule has 9 aromatic rings. The summed E-state index contributed by atoms with van der Waals surface area (Å²) in [4.78, 5) is 74.5. The molecule has 0 aliphatic heterocycles. The molecule has 0 radical (unpaired) electrons. The summed E-state index contributed by atoms with van der Waals surface area (Å²) in [5, 5.41) is 0.477. The van der Waals surface area contributed by atoms with Gasteiger partial charge in [-0.1, -0.05) is 36.7 Å². The van der Waals surface area contributed by atoms with Crippen LogP contribution in [0.3, 0.4) is 0 Å². The van der Waals surface area contributed by atoms with E-state index in [4.69, 9.17) is 25.8 Å². The van der Waals surface area contributed by atoms with Gasteiger partial charge in [-0.05, 0) is 69.5 Å². The Morgan fingerprint density at radius 1 is 0.453 bits per heavy atom. The van der Waals surface area contributed by atoms with Crippen molar-refractivity contribution >= 4 is 29.0 Å². The monoisotopic (exact) mass is 1030 g/mol. The Labute approximate surface area is 436 Å². The lowest BCUT2D eigenvalue weighted by Gasteiger charge is -2.09. The predicted molar refractivity (Wildman–Crippen MR) is 276 cm³/mol. The minimum Gasteiger partial charge on any atom is -0.456 e. The van der Waals surface area contributed by atoms with Gasteiger partial charge in [0.2, 0.25) is 0 Å². The number of hydrogen-bond acceptors (Lipinski definition) is 15. The highest BCUT2D eigenvalue weighted by Gasteiger charge is 2.16. The largest absolute Gasteiger partial charge is 0.456 e. The Balaban J connectivity index is 0.000000164. The highest BCUT2D eigenvalue weighted by molar-refractivity contribution is 6.30. The molecule has 0 amide bonds. The van der Waals surface area contributed by atoms with E-state index in [1.54, 1.807) is 75.0 Å². The maximum Gasteiger partial charge on any atom is 0.187 e. The molecule has 0 atom stereocenters. The minimum absolute atomic E-state index is 0.119. The molecule has 0 saturated carbocycles. The van der Waals surface area contributed by atoms with Crippen molar-refractivity contribution in [3.8, 4) is 34.5 Å². The quantitative estimate of drug-likeness (QED) is 0.0828. The number of hydrogen-bond donors (Lipinski definition) is 0. The number of rotatable bonds is 16. The highest BCUT2D eigenvalue weighted by Crippen LogP contribution is 2.27. The Hall–Kier alpha value is -9.09. The van der Waals surface area contributed by atoms with Gasteiger partial charge < -0.3 is 14.2 Å². The number of carbonyl (C=O) groups is 3. The Morgan fingerprint density at radius 3 is 1.31 bits per heavy atom. The molecule has 9 rings (SSSR count). The first-order chi connectivity index (χ1) is 36.1. The summed E-state index contributed by atoms with van der Waals surface area (Å²) in [5.41, 5.74) is 7.07. The van der Waals surface area contributed by atoms with E-state index in [2.05, 4.69) is 44.9 Å². The van der Waals surface area contributed by atoms with Crippen molar-refractivity contribution in [2.45, 2.75) is 60.3 Å². The lowest BCUT2D eigenvalue weighted by Crippen LogP contribution is -2.09. The van der Waals surface area contributed by atoms with E-state index in [9.17, 15) is 23.2 Å². The first kappa shape index (κ1) is 53.7. The SMILES string of the molecule is CCc1cc(Oc2cncc(F)c2)cc(C(=O)Cc2ccc(C)cn2)n1.Cc1cc(Oc2cncc(Cl)c2)cc(C(=O)Cc2ccccn2)n1.Cc1ccc(CC(=O)c2cc(Oc3cncc(F)c3)cc(C)n2)nc1. The van der Waals surface area contributed by atoms with Crippen molar-refractivity contribution in [3.05, 3.63) is 232 Å². The fourth-order valence-corrected chi connectivity index (χ4v) is 7.01. The number of nitrogens with zero attached hydrogens (tertiary/aromatic N) is 9. The molecule has 18 heteroatoms. The van der Waals surface area contributed by atoms with Gasteiger partial charge in [0.15, 0.2) is 17.3 Å². The smallest absolute Gasteiger partial charge is 0.187 e. The summed E-state index contributed by atoms with van der Waals surface area (Å²) in [7, 11) is 0. The maximum atomic E-state index is 13.3. The molecule has 75 heavy (non-hydrogen) atoms. The van der Waals surface area contributed by atoms with Gasteiger partial charge in [-0.2, -0.15) is 0 Å². The maximum absolute atomic E-state index is 13.3. The zero-order chi connectivity index (χ0) is 53.3. The molecule has 15 nitrogen and oxygen atoms in total. The first-order valence-electron chi connectivity index (χ1n) is 23.3. The predicted octanol–water partition coefficient (Wildman–Crippen LogP) is 12.0. The lowest BCUT2D eigenvalue weighted by molar-refractivity contribution is 0.0978. The van der Waals surface area contributed by atoms with E-state index in [0.29, 0.717) is 80.0 Å². The van der Waals surface area contributed by atoms with E-state index < -0.39 is 11.6 Å². The summed E-state index contributed by atoms with van der Waals surface area (Å²) in [6.45, 7) is 9.38. The van der Waals surface area contributed by atoms with Crippen LogP contribution in [-0.2, 0) is 25.7 Å². The Kier molecular flexibility index (Phi) is 18.6. The number of aryl methyl sites for hydroxylation is 5. The Bertz CT molecular complexity index is 3430. The third-order valence-electron chi connectivity index (χ3n) is 10.4. The van der Waals surface area contributed by atoms with Crippen LogP contribution in [0.1, 0.15) is 83.7 Å². The van der Waals surface area contributed by atoms with Crippen molar-refractivity contribution < 1.29 is 37.4 Å². The number of ether oxygens (including phenoxy) is 3. The second-order valence-electron chi connectivity index (χ2n) is 16.8. The van der Waals surface area contributed by atoms with Crippen LogP contribution in [0.4, 0.5) is 8.78 Å². The van der Waals surface area contributed by atoms with E-state index in [1.165, 1.54) is 36.8 Å². The molecule has 0 N–H and O–H groups in total. The Morgan fingerprint density at radius 2 is 0.893 bits per heavy atom. The number of carbonyl (C=O) groups excluding carboxylic acids is 3. The molecule has 0 saturated heterocycles. The van der Waals surface area contributed by atoms with E-state index in [0.717, 1.165) is 23.5 Å². The van der Waals surface area contributed by atoms with Gasteiger partial charge in [0.1, 0.15) is 63.2 Å². The van der Waals surface area contributed by atoms with E-state index >= 15 is 0 Å². The van der Waals surface area contributed by atoms with Gasteiger partial charge in [-0.25, -0.2) is 23.7 Å². The molecule has 0 spiro atoms. The third kappa shape index (κ3) is 17.0. The van der Waals surface area contributed by atoms with Crippen LogP contribution in [0.2, 0.25) is 5.02 Å². The number of pyridine rings is 9. The van der Waals surface area contributed by atoms with Crippen LogP contribution < -0.4 is 14.2 Å². The fourth-order valence-electron chi connectivity index (χ4n) is 6.85. The molecule has 9 heterocycles. The normalized spacial score (nSPS) is 10.5. The number of ketones is 3. The fraction of sp³-hybridized carbons (Fsp3) is 0.158. The van der Waals surface area contributed by atoms with Crippen LogP contribution in [0, 0.1) is 39.3 Å². The van der Waals surface area contributed by atoms with Crippen LogP contribution in [-0.4, -0.2) is 62.2 Å². The van der Waals surface area contributed by atoms with Gasteiger partial charge in [-0.15, -0.1) is 0 Å². The summed E-state index contributed by atoms with van der Waals surface area (Å²) in [6.07, 6.45) is 14.3. The van der Waals surface area contributed by atoms with Crippen LogP contribution in [0.5, 0.6) is 34.5 Å². The summed E-state index contributed by atoms with van der Waals surface area (Å²) >= 11 is 5.90. The summed E-state index contributed by atoms with van der Waals surface area (Å²) in [5.74, 6) is 0.921. The number of aromatic nitrogens is 9. The average Bonchev–Trinajstić information content (AvgIpc) is 3.38. The van der Waals surface area contributed by atoms with Crippen molar-refractivity contribution in [3.63, 3.8) is 0 Å². The van der Waals surface area contributed by atoms with Crippen LogP contribution in [0.25, 0.3) is 0 Å². The first-order valence-corrected chi connectivity index (χ1v) is 23.7. The van der Waals surface area contributed by atoms with Crippen molar-refractivity contribution in [2.24, 2.45) is 0 Å². The molecule has 0 fully saturated rings. The molecule has 0 bridgehead atoms. The molecule has 9 aromatic heterocycles. The highest BCUT2D eigenvalue weighted by atomic mass is 35.5. The molecule has 378 valence electrons. The zero-order valence-corrected chi connectivity index (χ0v) is 42.1. The standard InChI is InChI=1S/C20H18FN3O2.C19H16FN3O2.C18H14ClN3O2/c1-3-15-7-17(26-18-6-14(21)11-22-12-18)9-19(24-15)20(25)8-16-5-4-13(2)10-23-16;1-12-3-4-15(22-9-12)7-19(24)18-8-16(5-13(2)23-18)25-17-6-14(20)10-21-11-17;1-12-6-15(24-16-7-13(19)10-20-11-16)9-17(22-12)18(23)8-14-4-2-3-5-21-14/h4-7,9-12H,3,8H2,1-2H3;3-6,8-11H,7H2,1-2H3;2-7,9-11H,8H2,1H3. The number of Topliss-reactive ketones (excluding diaryl/α,β-unsaturated/α-hetero) is 3. The molecular weight excluding hydrogens is 980 g/mol. The second kappa shape index (κ2) is 26.0. The zero-order valence-electron chi connectivity index (χ0n) is 41.4. The molecule has 0 aromatic carbocycles. The molecule has 0 aliphatic carbocycles. The lowest BCUT2D eigenvalue weighted by atomic mass is 10.1. The van der Waals surface area contributed by atoms with Gasteiger partial charge >= 0.3 is 0 Å². The molecular formula is C57H48ClF2N9O6. The summed E-state index contributed by atoms with van der Waals surface area (Å²) < 4.78 is 43.4. The molecule has 0 unspecified atom stereocenters. The van der Waals surface area contributed by atoms with Crippen molar-refractivity contribution in [1.82, 2.24) is 44.9 Å². The molecule has 0 aliphatic rings. The minimum atomic E-state index is -0.495. The second-order valence-corrected chi connectivity index (χ2v) is 17.2. The van der Waals surface area contributed by atoms with E-state index in [-0.39, 0.29) is 53.8 Å². The van der Waals surface area contributed by atoms with E-state index in [1.807, 2.05) is 63.2 Å². The summed E-state index contributed by atoms with van der Waals surface area (Å²) in [6, 6.07) is 26.9. The third-order valence-corrected chi connectivity index (χ3v) is 10.6. The van der Waals surface area contributed by atoms with Crippen LogP contribution >= 0.6 is 11.6 Å². The number of halogens is 3. The van der Waals surface area contributed by atoms with Gasteiger partial charge in [0.25, 0.3) is 0 Å². The van der Waals surface area contributed by atoms with Crippen molar-refractivity contribution in [2.75, 3.05) is 0 Å². The van der Waals surface area contributed by atoms with Gasteiger partial charge in [0, 0.05) is 114 Å². The van der Waals surface area contributed by atoms with Gasteiger partial charge in [0.05, 0.1) is 55.3 Å². The van der Waals surface area contributed by atoms with Crippen molar-refractivity contribution in [1.29, 1.82) is 0 Å². The average molecular weight is 1030 g/mol. The van der Waals surface area contributed by atoms with Gasteiger partial charge in [-0.3, -0.25) is 44.3 Å². The topological polar surface area (TPSA) is 195 Å².